The third-order valence-corrected chi connectivity index (χ3v) is 4.46. The van der Waals surface area contributed by atoms with E-state index < -0.39 is 0 Å². The van der Waals surface area contributed by atoms with Gasteiger partial charge in [0, 0.05) is 18.2 Å². The first-order valence-electron chi connectivity index (χ1n) is 9.78. The maximum Gasteiger partial charge on any atom is 0.251 e. The Morgan fingerprint density at radius 1 is 0.923 bits per heavy atom. The second kappa shape index (κ2) is 10.8. The average Bonchev–Trinajstić information content (AvgIpc) is 2.63. The van der Waals surface area contributed by atoms with Crippen LogP contribution in [0.25, 0.3) is 0 Å². The molecule has 0 saturated carbocycles. The van der Waals surface area contributed by atoms with E-state index >= 15 is 0 Å². The summed E-state index contributed by atoms with van der Waals surface area (Å²) in [5.74, 6) is -0.000969. The van der Waals surface area contributed by atoms with E-state index in [-0.39, 0.29) is 11.9 Å². The van der Waals surface area contributed by atoms with Gasteiger partial charge in [-0.1, -0.05) is 56.3 Å². The molecule has 0 aliphatic carbocycles. The van der Waals surface area contributed by atoms with Crippen LogP contribution in [0, 0.1) is 0 Å². The van der Waals surface area contributed by atoms with Crippen molar-refractivity contribution in [2.45, 2.75) is 52.6 Å². The van der Waals surface area contributed by atoms with Crippen molar-refractivity contribution in [1.82, 2.24) is 10.2 Å². The molecule has 0 bridgehead atoms. The van der Waals surface area contributed by atoms with Crippen molar-refractivity contribution in [3.8, 4) is 0 Å². The lowest BCUT2D eigenvalue weighted by atomic mass is 10.1. The summed E-state index contributed by atoms with van der Waals surface area (Å²) in [4.78, 5) is 14.9. The second-order valence-corrected chi connectivity index (χ2v) is 7.04. The van der Waals surface area contributed by atoms with Gasteiger partial charge in [-0.2, -0.15) is 0 Å². The highest BCUT2D eigenvalue weighted by Crippen LogP contribution is 2.10. The summed E-state index contributed by atoms with van der Waals surface area (Å²) in [6.45, 7) is 9.67. The van der Waals surface area contributed by atoms with Crippen LogP contribution in [-0.2, 0) is 13.0 Å². The van der Waals surface area contributed by atoms with Gasteiger partial charge >= 0.3 is 0 Å². The first-order valence-corrected chi connectivity index (χ1v) is 9.78. The summed E-state index contributed by atoms with van der Waals surface area (Å²) in [7, 11) is 0. The van der Waals surface area contributed by atoms with Crippen LogP contribution in [0.3, 0.4) is 0 Å². The van der Waals surface area contributed by atoms with Gasteiger partial charge in [0.2, 0.25) is 0 Å². The van der Waals surface area contributed by atoms with Crippen molar-refractivity contribution in [2.75, 3.05) is 13.1 Å². The fourth-order valence-corrected chi connectivity index (χ4v) is 3.25. The molecule has 2 rings (SSSR count). The van der Waals surface area contributed by atoms with Crippen LogP contribution in [-0.4, -0.2) is 29.9 Å². The molecule has 0 spiro atoms. The van der Waals surface area contributed by atoms with Gasteiger partial charge in [0.05, 0.1) is 0 Å². The molecule has 0 aliphatic heterocycles. The van der Waals surface area contributed by atoms with Crippen molar-refractivity contribution in [2.24, 2.45) is 0 Å². The molecule has 26 heavy (non-hydrogen) atoms. The molecule has 1 N–H and O–H groups in total. The van der Waals surface area contributed by atoms with Gasteiger partial charge in [0.25, 0.3) is 5.91 Å². The number of amides is 1. The largest absolute Gasteiger partial charge is 0.349 e. The van der Waals surface area contributed by atoms with Crippen LogP contribution in [0.15, 0.2) is 54.6 Å². The van der Waals surface area contributed by atoms with Gasteiger partial charge in [-0.25, -0.2) is 0 Å². The molecule has 0 saturated heterocycles. The van der Waals surface area contributed by atoms with Crippen LogP contribution < -0.4 is 5.32 Å². The van der Waals surface area contributed by atoms with E-state index in [1.807, 2.05) is 37.3 Å². The SMILES string of the molecule is CCCN(CCC)Cc1ccc(C(=O)N[C@@H](C)Cc2ccccc2)cc1. The minimum Gasteiger partial charge on any atom is -0.349 e. The molecule has 3 heteroatoms. The molecular weight excluding hydrogens is 320 g/mol. The summed E-state index contributed by atoms with van der Waals surface area (Å²) in [5.41, 5.74) is 3.23. The van der Waals surface area contributed by atoms with Gasteiger partial charge in [-0.15, -0.1) is 0 Å². The topological polar surface area (TPSA) is 32.3 Å². The summed E-state index contributed by atoms with van der Waals surface area (Å²) in [5, 5.41) is 3.10. The minimum absolute atomic E-state index is 0.000969. The summed E-state index contributed by atoms with van der Waals surface area (Å²) in [6, 6.07) is 18.4. The number of hydrogen-bond acceptors (Lipinski definition) is 2. The highest BCUT2D eigenvalue weighted by molar-refractivity contribution is 5.94. The Bertz CT molecular complexity index is 646. The van der Waals surface area contributed by atoms with Crippen molar-refractivity contribution < 1.29 is 4.79 Å². The Morgan fingerprint density at radius 3 is 2.12 bits per heavy atom. The molecule has 1 atom stereocenters. The first-order chi connectivity index (χ1) is 12.6. The summed E-state index contributed by atoms with van der Waals surface area (Å²) in [6.07, 6.45) is 3.17. The fraction of sp³-hybridized carbons (Fsp3) is 0.435. The Hall–Kier alpha value is -2.13. The van der Waals surface area contributed by atoms with Gasteiger partial charge in [0.1, 0.15) is 0 Å². The quantitative estimate of drug-likeness (QED) is 0.674. The number of rotatable bonds is 10. The standard InChI is InChI=1S/C23H32N2O/c1-4-15-25(16-5-2)18-21-11-13-22(14-12-21)23(26)24-19(3)17-20-9-7-6-8-10-20/h6-14,19H,4-5,15-18H2,1-3H3,(H,24,26)/t19-/m0/s1. The van der Waals surface area contributed by atoms with E-state index in [0.717, 1.165) is 31.6 Å². The van der Waals surface area contributed by atoms with E-state index in [1.165, 1.54) is 24.0 Å². The smallest absolute Gasteiger partial charge is 0.251 e. The molecule has 140 valence electrons. The van der Waals surface area contributed by atoms with Crippen molar-refractivity contribution in [3.63, 3.8) is 0 Å². The van der Waals surface area contributed by atoms with E-state index in [4.69, 9.17) is 0 Å². The minimum atomic E-state index is -0.000969. The molecular formula is C23H32N2O. The summed E-state index contributed by atoms with van der Waals surface area (Å²) >= 11 is 0. The fourth-order valence-electron chi connectivity index (χ4n) is 3.25. The zero-order valence-corrected chi connectivity index (χ0v) is 16.4. The molecule has 0 radical (unpaired) electrons. The van der Waals surface area contributed by atoms with E-state index in [1.54, 1.807) is 0 Å². The molecule has 0 heterocycles. The third-order valence-electron chi connectivity index (χ3n) is 4.46. The van der Waals surface area contributed by atoms with Crippen molar-refractivity contribution in [3.05, 3.63) is 71.3 Å². The molecule has 0 aliphatic rings. The van der Waals surface area contributed by atoms with E-state index in [9.17, 15) is 4.79 Å². The van der Waals surface area contributed by atoms with E-state index in [2.05, 4.69) is 48.3 Å². The molecule has 0 fully saturated rings. The molecule has 2 aromatic rings. The van der Waals surface area contributed by atoms with Gasteiger partial charge in [0.15, 0.2) is 0 Å². The number of nitrogens with one attached hydrogen (secondary N) is 1. The molecule has 1 amide bonds. The lowest BCUT2D eigenvalue weighted by molar-refractivity contribution is 0.0940. The number of benzene rings is 2. The normalized spacial score (nSPS) is 12.2. The molecule has 0 unspecified atom stereocenters. The Labute approximate surface area is 158 Å². The number of carbonyl (C=O) groups is 1. The van der Waals surface area contributed by atoms with Gasteiger partial charge in [-0.3, -0.25) is 9.69 Å². The van der Waals surface area contributed by atoms with E-state index in [0.29, 0.717) is 0 Å². The molecule has 3 nitrogen and oxygen atoms in total. The molecule has 2 aromatic carbocycles. The average molecular weight is 353 g/mol. The highest BCUT2D eigenvalue weighted by Gasteiger charge is 2.11. The number of carbonyl (C=O) groups excluding carboxylic acids is 1. The zero-order valence-electron chi connectivity index (χ0n) is 16.4. The van der Waals surface area contributed by atoms with Crippen LogP contribution in [0.2, 0.25) is 0 Å². The Kier molecular flexibility index (Phi) is 8.36. The third kappa shape index (κ3) is 6.64. The lowest BCUT2D eigenvalue weighted by Gasteiger charge is -2.21. The van der Waals surface area contributed by atoms with Gasteiger partial charge in [-0.05, 0) is 62.5 Å². The number of nitrogens with zero attached hydrogens (tertiary/aromatic N) is 1. The Balaban J connectivity index is 1.89. The number of hydrogen-bond donors (Lipinski definition) is 1. The Morgan fingerprint density at radius 2 is 1.54 bits per heavy atom. The van der Waals surface area contributed by atoms with Crippen molar-refractivity contribution >= 4 is 5.91 Å². The predicted molar refractivity (Wildman–Crippen MR) is 109 cm³/mol. The van der Waals surface area contributed by atoms with Crippen molar-refractivity contribution in [1.29, 1.82) is 0 Å². The lowest BCUT2D eigenvalue weighted by Crippen LogP contribution is -2.34. The monoisotopic (exact) mass is 352 g/mol. The summed E-state index contributed by atoms with van der Waals surface area (Å²) < 4.78 is 0. The van der Waals surface area contributed by atoms with Gasteiger partial charge < -0.3 is 5.32 Å². The molecule has 0 aromatic heterocycles. The van der Waals surface area contributed by atoms with Crippen LogP contribution in [0.1, 0.15) is 55.1 Å². The van der Waals surface area contributed by atoms with Crippen LogP contribution in [0.4, 0.5) is 0 Å². The van der Waals surface area contributed by atoms with Crippen LogP contribution >= 0.6 is 0 Å². The first kappa shape index (κ1) is 20.2. The zero-order chi connectivity index (χ0) is 18.8. The second-order valence-electron chi connectivity index (χ2n) is 7.04. The maximum atomic E-state index is 12.5. The van der Waals surface area contributed by atoms with Crippen LogP contribution in [0.5, 0.6) is 0 Å². The highest BCUT2D eigenvalue weighted by atomic mass is 16.1. The predicted octanol–water partition coefficient (Wildman–Crippen LogP) is 4.67. The maximum absolute atomic E-state index is 12.5.